The number of nitrogens with zero attached hydrogens (tertiary/aromatic N) is 2. The van der Waals surface area contributed by atoms with Crippen molar-refractivity contribution in [3.63, 3.8) is 0 Å². The third-order valence-electron chi connectivity index (χ3n) is 4.76. The number of hydrogen-bond donors (Lipinski definition) is 0. The van der Waals surface area contributed by atoms with Gasteiger partial charge in [0, 0.05) is 22.2 Å². The first-order valence-corrected chi connectivity index (χ1v) is 9.89. The van der Waals surface area contributed by atoms with Gasteiger partial charge in [-0.25, -0.2) is 4.79 Å². The number of benzene rings is 1. The van der Waals surface area contributed by atoms with Crippen LogP contribution in [0.3, 0.4) is 0 Å². The molecule has 0 unspecified atom stereocenters. The highest BCUT2D eigenvalue weighted by Gasteiger charge is 2.29. The summed E-state index contributed by atoms with van der Waals surface area (Å²) in [5.41, 5.74) is 0.702. The van der Waals surface area contributed by atoms with Crippen molar-refractivity contribution in [3.05, 3.63) is 34.7 Å². The van der Waals surface area contributed by atoms with E-state index in [4.69, 9.17) is 10.00 Å². The lowest BCUT2D eigenvalue weighted by atomic mass is 10.1. The Morgan fingerprint density at radius 1 is 1.44 bits per heavy atom. The Labute approximate surface area is 153 Å². The van der Waals surface area contributed by atoms with Crippen molar-refractivity contribution in [2.45, 2.75) is 51.5 Å². The van der Waals surface area contributed by atoms with Gasteiger partial charge in [0.05, 0.1) is 18.2 Å². The van der Waals surface area contributed by atoms with Gasteiger partial charge in [0.15, 0.2) is 0 Å². The molecular weight excluding hydrogens is 332 g/mol. The van der Waals surface area contributed by atoms with Crippen molar-refractivity contribution in [3.8, 4) is 6.07 Å². The van der Waals surface area contributed by atoms with Crippen LogP contribution in [-0.2, 0) is 11.2 Å². The molecule has 4 nitrogen and oxygen atoms in total. The van der Waals surface area contributed by atoms with Crippen LogP contribution in [0.4, 0.5) is 4.79 Å². The number of likely N-dealkylation sites (tertiary alicyclic amines) is 1. The normalized spacial score (nSPS) is 17.0. The molecule has 1 saturated heterocycles. The molecule has 0 saturated carbocycles. The fraction of sp³-hybridized carbons (Fsp3) is 0.500. The van der Waals surface area contributed by atoms with Gasteiger partial charge in [-0.05, 0) is 61.8 Å². The van der Waals surface area contributed by atoms with Crippen molar-refractivity contribution >= 4 is 27.5 Å². The summed E-state index contributed by atoms with van der Waals surface area (Å²) in [6.07, 6.45) is 5.88. The van der Waals surface area contributed by atoms with E-state index in [0.717, 1.165) is 50.5 Å². The molecule has 0 bridgehead atoms. The zero-order valence-corrected chi connectivity index (χ0v) is 15.5. The molecule has 1 fully saturated rings. The molecule has 1 aromatic carbocycles. The fourth-order valence-electron chi connectivity index (χ4n) is 3.36. The maximum absolute atomic E-state index is 12.2. The lowest BCUT2D eigenvalue weighted by Gasteiger charge is -2.23. The van der Waals surface area contributed by atoms with E-state index < -0.39 is 0 Å². The Morgan fingerprint density at radius 3 is 3.12 bits per heavy atom. The van der Waals surface area contributed by atoms with Gasteiger partial charge in [0.2, 0.25) is 0 Å². The summed E-state index contributed by atoms with van der Waals surface area (Å²) in [7, 11) is 0. The molecule has 3 rings (SSSR count). The smallest absolute Gasteiger partial charge is 0.410 e. The molecule has 0 N–H and O–H groups in total. The van der Waals surface area contributed by atoms with E-state index in [-0.39, 0.29) is 12.1 Å². The Kier molecular flexibility index (Phi) is 5.93. The first-order valence-electron chi connectivity index (χ1n) is 9.07. The van der Waals surface area contributed by atoms with Crippen LogP contribution in [0.5, 0.6) is 0 Å². The van der Waals surface area contributed by atoms with Crippen LogP contribution in [0.25, 0.3) is 10.1 Å². The molecule has 1 aromatic heterocycles. The number of thiophene rings is 1. The molecule has 1 aliphatic rings. The molecule has 1 atom stereocenters. The Balaban J connectivity index is 1.58. The second-order valence-electron chi connectivity index (χ2n) is 6.57. The highest BCUT2D eigenvalue weighted by Crippen LogP contribution is 2.29. The quantitative estimate of drug-likeness (QED) is 0.676. The van der Waals surface area contributed by atoms with Crippen molar-refractivity contribution in [1.82, 2.24) is 4.90 Å². The summed E-state index contributed by atoms with van der Waals surface area (Å²) < 4.78 is 6.60. The summed E-state index contributed by atoms with van der Waals surface area (Å²) in [5.74, 6) is 0. The zero-order valence-electron chi connectivity index (χ0n) is 14.7. The predicted molar refractivity (Wildman–Crippen MR) is 101 cm³/mol. The number of carbonyl (C=O) groups excluding carboxylic acids is 1. The standard InChI is InChI=1S/C20H24N2O2S/c1-2-3-11-24-20(23)22-10-4-5-17(22)7-8-18-13-16-12-15(14-21)6-9-19(16)25-18/h6,9,12-13,17H,2-5,7-8,10-11H2,1H3/t17-/m0/s1. The van der Waals surface area contributed by atoms with Gasteiger partial charge in [-0.1, -0.05) is 13.3 Å². The van der Waals surface area contributed by atoms with Crippen molar-refractivity contribution in [2.75, 3.05) is 13.2 Å². The van der Waals surface area contributed by atoms with Gasteiger partial charge in [-0.15, -0.1) is 11.3 Å². The van der Waals surface area contributed by atoms with E-state index in [2.05, 4.69) is 19.1 Å². The van der Waals surface area contributed by atoms with Gasteiger partial charge >= 0.3 is 6.09 Å². The van der Waals surface area contributed by atoms with Crippen LogP contribution in [-0.4, -0.2) is 30.2 Å². The Hall–Kier alpha value is -2.06. The first kappa shape index (κ1) is 17.8. The predicted octanol–water partition coefficient (Wildman–Crippen LogP) is 5.11. The largest absolute Gasteiger partial charge is 0.449 e. The van der Waals surface area contributed by atoms with E-state index >= 15 is 0 Å². The number of rotatable bonds is 6. The van der Waals surface area contributed by atoms with Crippen LogP contribution in [0.1, 0.15) is 49.5 Å². The van der Waals surface area contributed by atoms with Crippen LogP contribution < -0.4 is 0 Å². The molecule has 0 radical (unpaired) electrons. The van der Waals surface area contributed by atoms with E-state index in [0.29, 0.717) is 12.2 Å². The monoisotopic (exact) mass is 356 g/mol. The Morgan fingerprint density at radius 2 is 2.32 bits per heavy atom. The highest BCUT2D eigenvalue weighted by molar-refractivity contribution is 7.19. The lowest BCUT2D eigenvalue weighted by Crippen LogP contribution is -2.36. The maximum atomic E-state index is 12.2. The number of carbonyl (C=O) groups is 1. The summed E-state index contributed by atoms with van der Waals surface area (Å²) in [6.45, 7) is 3.43. The highest BCUT2D eigenvalue weighted by atomic mass is 32.1. The number of nitriles is 1. The Bertz CT molecular complexity index is 778. The lowest BCUT2D eigenvalue weighted by molar-refractivity contribution is 0.0956. The van der Waals surface area contributed by atoms with E-state index in [1.165, 1.54) is 9.58 Å². The van der Waals surface area contributed by atoms with Crippen molar-refractivity contribution < 1.29 is 9.53 Å². The molecule has 25 heavy (non-hydrogen) atoms. The molecule has 1 aliphatic heterocycles. The minimum absolute atomic E-state index is 0.147. The number of amides is 1. The van der Waals surface area contributed by atoms with E-state index in [1.807, 2.05) is 23.1 Å². The third kappa shape index (κ3) is 4.32. The van der Waals surface area contributed by atoms with Crippen molar-refractivity contribution in [1.29, 1.82) is 5.26 Å². The SMILES string of the molecule is CCCCOC(=O)N1CCC[C@H]1CCc1cc2cc(C#N)ccc2s1. The minimum atomic E-state index is -0.147. The van der Waals surface area contributed by atoms with Crippen LogP contribution in [0.15, 0.2) is 24.3 Å². The van der Waals surface area contributed by atoms with Gasteiger partial charge < -0.3 is 9.64 Å². The molecule has 1 amide bonds. The maximum Gasteiger partial charge on any atom is 0.410 e. The number of aryl methyl sites for hydroxylation is 1. The summed E-state index contributed by atoms with van der Waals surface area (Å²) in [4.78, 5) is 15.5. The number of fused-ring (bicyclic) bond motifs is 1. The van der Waals surface area contributed by atoms with Crippen LogP contribution in [0, 0.1) is 11.3 Å². The van der Waals surface area contributed by atoms with Crippen LogP contribution >= 0.6 is 11.3 Å². The molecular formula is C20H24N2O2S. The topological polar surface area (TPSA) is 53.3 Å². The van der Waals surface area contributed by atoms with Gasteiger partial charge in [-0.3, -0.25) is 0 Å². The molecule has 132 valence electrons. The zero-order chi connectivity index (χ0) is 17.6. The average molecular weight is 356 g/mol. The molecule has 2 aromatic rings. The van der Waals surface area contributed by atoms with Gasteiger partial charge in [0.1, 0.15) is 0 Å². The van der Waals surface area contributed by atoms with Gasteiger partial charge in [0.25, 0.3) is 0 Å². The molecule has 0 spiro atoms. The fourth-order valence-corrected chi connectivity index (χ4v) is 4.42. The second-order valence-corrected chi connectivity index (χ2v) is 7.74. The molecule has 0 aliphatic carbocycles. The summed E-state index contributed by atoms with van der Waals surface area (Å²) in [6, 6.07) is 10.5. The van der Waals surface area contributed by atoms with Crippen LogP contribution in [0.2, 0.25) is 0 Å². The molecule has 2 heterocycles. The third-order valence-corrected chi connectivity index (χ3v) is 5.93. The summed E-state index contributed by atoms with van der Waals surface area (Å²) in [5, 5.41) is 10.2. The first-order chi connectivity index (χ1) is 12.2. The number of ether oxygens (including phenoxy) is 1. The summed E-state index contributed by atoms with van der Waals surface area (Å²) >= 11 is 1.78. The molecule has 5 heteroatoms. The number of hydrogen-bond acceptors (Lipinski definition) is 4. The van der Waals surface area contributed by atoms with E-state index in [9.17, 15) is 4.79 Å². The minimum Gasteiger partial charge on any atom is -0.449 e. The average Bonchev–Trinajstić information content (AvgIpc) is 3.25. The second kappa shape index (κ2) is 8.35. The number of unbranched alkanes of at least 4 members (excludes halogenated alkanes) is 1. The van der Waals surface area contributed by atoms with Gasteiger partial charge in [-0.2, -0.15) is 5.26 Å². The van der Waals surface area contributed by atoms with Crippen molar-refractivity contribution in [2.24, 2.45) is 0 Å². The van der Waals surface area contributed by atoms with E-state index in [1.54, 1.807) is 11.3 Å².